The Kier molecular flexibility index (Phi) is 5.15. The molecule has 0 atom stereocenters. The topological polar surface area (TPSA) is 114 Å². The van der Waals surface area contributed by atoms with Crippen molar-refractivity contribution in [3.05, 3.63) is 66.1 Å². The van der Waals surface area contributed by atoms with Gasteiger partial charge in [-0.2, -0.15) is 5.26 Å². The number of amides is 1. The van der Waals surface area contributed by atoms with Crippen LogP contribution in [0.1, 0.15) is 5.56 Å². The maximum Gasteiger partial charge on any atom is 0.263 e. The third kappa shape index (κ3) is 4.19. The van der Waals surface area contributed by atoms with E-state index in [2.05, 4.69) is 20.6 Å². The molecule has 4 N–H and O–H groups in total. The first-order valence-electron chi connectivity index (χ1n) is 8.02. The van der Waals surface area contributed by atoms with Crippen molar-refractivity contribution in [2.45, 2.75) is 6.42 Å². The average molecular weight is 347 g/mol. The number of hydrogen-bond acceptors (Lipinski definition) is 5. The molecule has 7 heteroatoms. The molecule has 26 heavy (non-hydrogen) atoms. The molecule has 0 radical (unpaired) electrons. The van der Waals surface area contributed by atoms with Gasteiger partial charge in [-0.3, -0.25) is 4.79 Å². The zero-order valence-corrected chi connectivity index (χ0v) is 13.9. The molecule has 0 saturated carbocycles. The number of nitrogens with one attached hydrogen (secondary N) is 3. The van der Waals surface area contributed by atoms with Gasteiger partial charge in [0.05, 0.1) is 17.4 Å². The van der Waals surface area contributed by atoms with E-state index in [1.165, 1.54) is 6.20 Å². The van der Waals surface area contributed by atoms with Gasteiger partial charge in [0.25, 0.3) is 5.91 Å². The van der Waals surface area contributed by atoms with Crippen molar-refractivity contribution in [1.82, 2.24) is 15.3 Å². The highest BCUT2D eigenvalue weighted by Gasteiger charge is 2.08. The van der Waals surface area contributed by atoms with Crippen LogP contribution < -0.4 is 10.6 Å². The van der Waals surface area contributed by atoms with Gasteiger partial charge in [-0.05, 0) is 42.3 Å². The van der Waals surface area contributed by atoms with Gasteiger partial charge < -0.3 is 20.7 Å². The molecule has 0 aliphatic rings. The summed E-state index contributed by atoms with van der Waals surface area (Å²) in [6.07, 6.45) is 3.59. The maximum atomic E-state index is 12.1. The van der Waals surface area contributed by atoms with Crippen LogP contribution in [0, 0.1) is 11.3 Å². The number of rotatable bonds is 6. The van der Waals surface area contributed by atoms with Gasteiger partial charge in [0.15, 0.2) is 0 Å². The molecule has 0 bridgehead atoms. The smallest absolute Gasteiger partial charge is 0.263 e. The number of carbonyl (C=O) groups is 1. The van der Waals surface area contributed by atoms with E-state index >= 15 is 0 Å². The van der Waals surface area contributed by atoms with Crippen LogP contribution in [0.5, 0.6) is 5.75 Å². The number of nitriles is 1. The number of aromatic nitrogens is 2. The van der Waals surface area contributed by atoms with E-state index in [1.807, 2.05) is 24.3 Å². The first-order chi connectivity index (χ1) is 12.7. The molecule has 2 aromatic carbocycles. The van der Waals surface area contributed by atoms with Crippen LogP contribution in [0.2, 0.25) is 0 Å². The number of imidazole rings is 1. The summed E-state index contributed by atoms with van der Waals surface area (Å²) in [5.74, 6) is -0.242. The molecule has 7 nitrogen and oxygen atoms in total. The second-order valence-electron chi connectivity index (χ2n) is 5.62. The fourth-order valence-electron chi connectivity index (χ4n) is 2.41. The Bertz CT molecular complexity index is 983. The molecule has 0 unspecified atom stereocenters. The zero-order chi connectivity index (χ0) is 18.4. The monoisotopic (exact) mass is 347 g/mol. The van der Waals surface area contributed by atoms with E-state index in [9.17, 15) is 15.2 Å². The highest BCUT2D eigenvalue weighted by atomic mass is 16.3. The van der Waals surface area contributed by atoms with E-state index in [0.717, 1.165) is 22.3 Å². The van der Waals surface area contributed by atoms with Crippen molar-refractivity contribution in [2.24, 2.45) is 0 Å². The van der Waals surface area contributed by atoms with Crippen molar-refractivity contribution in [3.8, 4) is 11.8 Å². The summed E-state index contributed by atoms with van der Waals surface area (Å²) < 4.78 is 0. The Hall–Kier alpha value is -3.79. The van der Waals surface area contributed by atoms with Gasteiger partial charge in [-0.15, -0.1) is 0 Å². The van der Waals surface area contributed by atoms with Crippen LogP contribution in [0.15, 0.2) is 60.6 Å². The van der Waals surface area contributed by atoms with E-state index in [-0.39, 0.29) is 11.3 Å². The summed E-state index contributed by atoms with van der Waals surface area (Å²) in [5, 5.41) is 24.1. The number of hydrogen-bond donors (Lipinski definition) is 4. The first kappa shape index (κ1) is 17.0. The second kappa shape index (κ2) is 7.85. The number of benzene rings is 2. The Morgan fingerprint density at radius 2 is 2.08 bits per heavy atom. The summed E-state index contributed by atoms with van der Waals surface area (Å²) in [7, 11) is 0. The van der Waals surface area contributed by atoms with Gasteiger partial charge in [0, 0.05) is 18.4 Å². The van der Waals surface area contributed by atoms with Gasteiger partial charge >= 0.3 is 0 Å². The standard InChI is InChI=1S/C19H17N5O2/c20-10-14(11-22-15-3-6-17-18(9-15)24-12-23-17)19(26)21-8-7-13-1-4-16(25)5-2-13/h1-6,9,11-12,22,25H,7-8H2,(H,21,26)(H,23,24)/b14-11-. The number of anilines is 1. The largest absolute Gasteiger partial charge is 0.508 e. The van der Waals surface area contributed by atoms with Crippen molar-refractivity contribution in [1.29, 1.82) is 5.26 Å². The lowest BCUT2D eigenvalue weighted by molar-refractivity contribution is -0.117. The molecular weight excluding hydrogens is 330 g/mol. The van der Waals surface area contributed by atoms with Crippen molar-refractivity contribution < 1.29 is 9.90 Å². The lowest BCUT2D eigenvalue weighted by Gasteiger charge is -2.06. The predicted molar refractivity (Wildman–Crippen MR) is 98.2 cm³/mol. The van der Waals surface area contributed by atoms with Crippen LogP contribution in [0.25, 0.3) is 11.0 Å². The summed E-state index contributed by atoms with van der Waals surface area (Å²) in [6.45, 7) is 0.392. The molecule has 0 saturated heterocycles. The normalized spacial score (nSPS) is 11.1. The lowest BCUT2D eigenvalue weighted by Crippen LogP contribution is -2.27. The number of fused-ring (bicyclic) bond motifs is 1. The molecule has 0 aliphatic carbocycles. The molecule has 3 rings (SSSR count). The van der Waals surface area contributed by atoms with Crippen LogP contribution >= 0.6 is 0 Å². The van der Waals surface area contributed by atoms with Gasteiger partial charge in [-0.1, -0.05) is 12.1 Å². The molecule has 1 amide bonds. The van der Waals surface area contributed by atoms with Crippen LogP contribution in [-0.2, 0) is 11.2 Å². The van der Waals surface area contributed by atoms with Gasteiger partial charge in [0.2, 0.25) is 0 Å². The van der Waals surface area contributed by atoms with Crippen LogP contribution in [0.3, 0.4) is 0 Å². The van der Waals surface area contributed by atoms with Crippen LogP contribution in [-0.4, -0.2) is 27.5 Å². The highest BCUT2D eigenvalue weighted by Crippen LogP contribution is 2.16. The minimum atomic E-state index is -0.443. The van der Waals surface area contributed by atoms with Gasteiger partial charge in [-0.25, -0.2) is 4.98 Å². The molecule has 0 fully saturated rings. The Morgan fingerprint density at radius 1 is 1.27 bits per heavy atom. The van der Waals surface area contributed by atoms with Crippen LogP contribution in [0.4, 0.5) is 5.69 Å². The third-order valence-corrected chi connectivity index (χ3v) is 3.80. The summed E-state index contributed by atoms with van der Waals surface area (Å²) >= 11 is 0. The minimum Gasteiger partial charge on any atom is -0.508 e. The quantitative estimate of drug-likeness (QED) is 0.404. The SMILES string of the molecule is N#C/C(=C/Nc1ccc2nc[nH]c2c1)C(=O)NCCc1ccc(O)cc1. The van der Waals surface area contributed by atoms with E-state index < -0.39 is 5.91 Å². The van der Waals surface area contributed by atoms with Crippen molar-refractivity contribution >= 4 is 22.6 Å². The molecule has 3 aromatic rings. The zero-order valence-electron chi connectivity index (χ0n) is 13.9. The molecule has 1 aromatic heterocycles. The van der Waals surface area contributed by atoms with Gasteiger partial charge in [0.1, 0.15) is 17.4 Å². The number of phenols is 1. The Balaban J connectivity index is 1.56. The first-order valence-corrected chi connectivity index (χ1v) is 8.02. The molecule has 130 valence electrons. The van der Waals surface area contributed by atoms with E-state index in [1.54, 1.807) is 30.6 Å². The lowest BCUT2D eigenvalue weighted by atomic mass is 10.1. The highest BCUT2D eigenvalue weighted by molar-refractivity contribution is 5.97. The number of nitrogens with zero attached hydrogens (tertiary/aromatic N) is 2. The van der Waals surface area contributed by atoms with Crippen molar-refractivity contribution in [3.63, 3.8) is 0 Å². The molecule has 0 spiro atoms. The second-order valence-corrected chi connectivity index (χ2v) is 5.62. The van der Waals surface area contributed by atoms with Crippen molar-refractivity contribution in [2.75, 3.05) is 11.9 Å². The Morgan fingerprint density at radius 3 is 2.85 bits per heavy atom. The summed E-state index contributed by atoms with van der Waals surface area (Å²) in [5.41, 5.74) is 3.41. The Labute approximate surface area is 150 Å². The molecule has 1 heterocycles. The number of aromatic hydroxyl groups is 1. The fourth-order valence-corrected chi connectivity index (χ4v) is 2.41. The number of H-pyrrole nitrogens is 1. The predicted octanol–water partition coefficient (Wildman–Crippen LogP) is 2.45. The third-order valence-electron chi connectivity index (χ3n) is 3.80. The fraction of sp³-hybridized carbons (Fsp3) is 0.105. The van der Waals surface area contributed by atoms with E-state index in [4.69, 9.17) is 0 Å². The van der Waals surface area contributed by atoms with E-state index in [0.29, 0.717) is 13.0 Å². The molecule has 0 aliphatic heterocycles. The summed E-state index contributed by atoms with van der Waals surface area (Å²) in [6, 6.07) is 14.2. The number of carbonyl (C=O) groups excluding carboxylic acids is 1. The maximum absolute atomic E-state index is 12.1. The number of aromatic amines is 1. The minimum absolute atomic E-state index is 0.0135. The molecular formula is C19H17N5O2. The number of phenolic OH excluding ortho intramolecular Hbond substituents is 1. The summed E-state index contributed by atoms with van der Waals surface area (Å²) in [4.78, 5) is 19.2. The average Bonchev–Trinajstić information content (AvgIpc) is 3.11.